The number of rotatable bonds is 2. The van der Waals surface area contributed by atoms with Crippen molar-refractivity contribution in [1.29, 1.82) is 0 Å². The lowest BCUT2D eigenvalue weighted by molar-refractivity contribution is -0.154. The Kier molecular flexibility index (Phi) is 4.22. The van der Waals surface area contributed by atoms with E-state index in [0.29, 0.717) is 25.7 Å². The van der Waals surface area contributed by atoms with Gasteiger partial charge in [0.2, 0.25) is 0 Å². The largest absolute Gasteiger partial charge is 0.393 e. The summed E-state index contributed by atoms with van der Waals surface area (Å²) in [6.07, 6.45) is 4.34. The molecule has 0 spiro atoms. The van der Waals surface area contributed by atoms with Crippen LogP contribution in [-0.2, 0) is 9.59 Å². The summed E-state index contributed by atoms with van der Waals surface area (Å²) < 4.78 is 0. The van der Waals surface area contributed by atoms with Crippen molar-refractivity contribution in [1.82, 2.24) is 0 Å². The Morgan fingerprint density at radius 3 is 2.69 bits per heavy atom. The highest BCUT2D eigenvalue weighted by atomic mass is 16.3. The molecule has 5 heteroatoms. The first-order valence-electron chi connectivity index (χ1n) is 9.97. The molecule has 0 saturated heterocycles. The van der Waals surface area contributed by atoms with E-state index in [4.69, 9.17) is 0 Å². The highest BCUT2D eigenvalue weighted by Gasteiger charge is 2.64. The van der Waals surface area contributed by atoms with Gasteiger partial charge in [-0.2, -0.15) is 0 Å². The van der Waals surface area contributed by atoms with Crippen LogP contribution in [0, 0.1) is 34.5 Å². The lowest BCUT2D eigenvalue weighted by atomic mass is 9.45. The van der Waals surface area contributed by atoms with Crippen molar-refractivity contribution >= 4 is 11.6 Å². The van der Waals surface area contributed by atoms with Gasteiger partial charge in [-0.1, -0.05) is 13.8 Å². The Hall–Kier alpha value is -1.04. The normalized spacial score (nSPS) is 50.5. The number of fused-ring (bicyclic) bond motifs is 5. The van der Waals surface area contributed by atoms with Gasteiger partial charge in [-0.25, -0.2) is 0 Å². The maximum absolute atomic E-state index is 12.3. The van der Waals surface area contributed by atoms with E-state index >= 15 is 0 Å². The second-order valence-corrected chi connectivity index (χ2v) is 9.56. The van der Waals surface area contributed by atoms with Gasteiger partial charge in [0.15, 0.2) is 11.6 Å². The molecule has 3 saturated carbocycles. The summed E-state index contributed by atoms with van der Waals surface area (Å²) in [7, 11) is 0. The lowest BCUT2D eigenvalue weighted by Crippen LogP contribution is -2.59. The van der Waals surface area contributed by atoms with Crippen LogP contribution >= 0.6 is 0 Å². The molecule has 0 heterocycles. The molecule has 1 unspecified atom stereocenters. The summed E-state index contributed by atoms with van der Waals surface area (Å²) in [4.78, 5) is 24.2. The Balaban J connectivity index is 1.74. The van der Waals surface area contributed by atoms with Crippen LogP contribution in [0.3, 0.4) is 0 Å². The minimum absolute atomic E-state index is 0.0197. The van der Waals surface area contributed by atoms with E-state index in [9.17, 15) is 24.9 Å². The van der Waals surface area contributed by atoms with Crippen LogP contribution in [0.5, 0.6) is 0 Å². The van der Waals surface area contributed by atoms with E-state index in [-0.39, 0.29) is 46.1 Å². The molecule has 0 amide bonds. The maximum atomic E-state index is 12.3. The van der Waals surface area contributed by atoms with Gasteiger partial charge in [0.05, 0.1) is 12.2 Å². The molecule has 144 valence electrons. The highest BCUT2D eigenvalue weighted by molar-refractivity contribution is 5.92. The second kappa shape index (κ2) is 5.98. The Labute approximate surface area is 154 Å². The molecule has 0 aliphatic heterocycles. The summed E-state index contributed by atoms with van der Waals surface area (Å²) in [5, 5.41) is 31.4. The number of carbonyl (C=O) groups is 2. The van der Waals surface area contributed by atoms with E-state index in [1.165, 1.54) is 0 Å². The number of aliphatic hydroxyl groups is 3. The molecule has 3 N–H and O–H groups in total. The van der Waals surface area contributed by atoms with Crippen molar-refractivity contribution in [3.8, 4) is 0 Å². The number of Topliss-reactive ketones (excluding diaryl/α,β-unsaturated/α-hetero) is 1. The van der Waals surface area contributed by atoms with Gasteiger partial charge >= 0.3 is 0 Å². The summed E-state index contributed by atoms with van der Waals surface area (Å²) >= 11 is 0. The average Bonchev–Trinajstić information content (AvgIpc) is 2.92. The second-order valence-electron chi connectivity index (χ2n) is 9.56. The minimum Gasteiger partial charge on any atom is -0.393 e. The molecular formula is C21H30O5. The quantitative estimate of drug-likeness (QED) is 0.694. The zero-order valence-corrected chi connectivity index (χ0v) is 15.6. The van der Waals surface area contributed by atoms with E-state index in [0.717, 1.165) is 18.4 Å². The van der Waals surface area contributed by atoms with E-state index in [1.807, 2.05) is 0 Å². The standard InChI is InChI=1S/C21H30O5/c1-20-6-5-11(23)7-15(20)16(24)8-12-13-3-4-14(18(26)10-22)21(13,2)9-17(25)19(12)20/h7,12-14,16-17,19,22,24-25H,3-6,8-10H2,1-2H3/t12-,13-,14+,16?,17-,19+,20-,21-/m0/s1. The number of ketones is 2. The summed E-state index contributed by atoms with van der Waals surface area (Å²) in [5.74, 6) is 0.175. The zero-order valence-electron chi connectivity index (χ0n) is 15.6. The Bertz CT molecular complexity index is 669. The first kappa shape index (κ1) is 18.3. The Morgan fingerprint density at radius 2 is 2.00 bits per heavy atom. The summed E-state index contributed by atoms with van der Waals surface area (Å²) in [6, 6.07) is 0. The molecule has 0 bridgehead atoms. The number of carbonyl (C=O) groups excluding carboxylic acids is 2. The predicted octanol–water partition coefficient (Wildman–Crippen LogP) is 1.64. The molecule has 4 aliphatic rings. The van der Waals surface area contributed by atoms with Gasteiger partial charge in [-0.15, -0.1) is 0 Å². The van der Waals surface area contributed by atoms with Gasteiger partial charge in [-0.3, -0.25) is 9.59 Å². The smallest absolute Gasteiger partial charge is 0.161 e. The topological polar surface area (TPSA) is 94.8 Å². The minimum atomic E-state index is -0.646. The molecule has 5 nitrogen and oxygen atoms in total. The fourth-order valence-corrected chi connectivity index (χ4v) is 7.38. The summed E-state index contributed by atoms with van der Waals surface area (Å²) in [6.45, 7) is 3.75. The third-order valence-electron chi connectivity index (χ3n) is 8.45. The van der Waals surface area contributed by atoms with Crippen molar-refractivity contribution in [2.75, 3.05) is 6.61 Å². The van der Waals surface area contributed by atoms with Crippen LogP contribution in [0.1, 0.15) is 52.4 Å². The van der Waals surface area contributed by atoms with Crippen molar-refractivity contribution < 1.29 is 24.9 Å². The molecule has 0 radical (unpaired) electrons. The average molecular weight is 362 g/mol. The van der Waals surface area contributed by atoms with Crippen LogP contribution in [0.4, 0.5) is 0 Å². The molecule has 26 heavy (non-hydrogen) atoms. The number of hydrogen-bond donors (Lipinski definition) is 3. The Morgan fingerprint density at radius 1 is 1.27 bits per heavy atom. The van der Waals surface area contributed by atoms with Gasteiger partial charge in [0.1, 0.15) is 6.61 Å². The van der Waals surface area contributed by atoms with E-state index in [1.54, 1.807) is 6.08 Å². The zero-order chi connectivity index (χ0) is 18.9. The molecule has 0 aromatic heterocycles. The fraction of sp³-hybridized carbons (Fsp3) is 0.810. The van der Waals surface area contributed by atoms with Crippen molar-refractivity contribution in [3.63, 3.8) is 0 Å². The SMILES string of the molecule is C[C@]12C[C@H](O)[C@H]3[C@@H](CC(O)C4=CC(=O)CC[C@@]43C)[C@@H]1CC[C@@H]2C(=O)CO. The monoisotopic (exact) mass is 362 g/mol. The first-order chi connectivity index (χ1) is 12.2. The van der Waals surface area contributed by atoms with Crippen molar-refractivity contribution in [2.45, 2.75) is 64.6 Å². The molecule has 8 atom stereocenters. The number of aliphatic hydroxyl groups excluding tert-OH is 3. The van der Waals surface area contributed by atoms with Gasteiger partial charge in [0, 0.05) is 12.3 Å². The third kappa shape index (κ3) is 2.33. The predicted molar refractivity (Wildman–Crippen MR) is 95.1 cm³/mol. The first-order valence-corrected chi connectivity index (χ1v) is 9.97. The maximum Gasteiger partial charge on any atom is 0.161 e. The third-order valence-corrected chi connectivity index (χ3v) is 8.45. The number of hydrogen-bond acceptors (Lipinski definition) is 5. The van der Waals surface area contributed by atoms with Crippen molar-refractivity contribution in [3.05, 3.63) is 11.6 Å². The molecule has 0 aromatic carbocycles. The van der Waals surface area contributed by atoms with Crippen LogP contribution in [0.15, 0.2) is 11.6 Å². The molecule has 3 fully saturated rings. The highest BCUT2D eigenvalue weighted by Crippen LogP contribution is 2.66. The molecular weight excluding hydrogens is 332 g/mol. The van der Waals surface area contributed by atoms with E-state index < -0.39 is 18.8 Å². The lowest BCUT2D eigenvalue weighted by Gasteiger charge is -2.60. The van der Waals surface area contributed by atoms with Gasteiger partial charge in [-0.05, 0) is 72.3 Å². The molecule has 4 rings (SSSR count). The van der Waals surface area contributed by atoms with Crippen LogP contribution < -0.4 is 0 Å². The fourth-order valence-electron chi connectivity index (χ4n) is 7.38. The molecule has 0 aromatic rings. The van der Waals surface area contributed by atoms with Crippen LogP contribution in [0.25, 0.3) is 0 Å². The van der Waals surface area contributed by atoms with E-state index in [2.05, 4.69) is 13.8 Å². The van der Waals surface area contributed by atoms with Crippen LogP contribution in [-0.4, -0.2) is 45.7 Å². The van der Waals surface area contributed by atoms with Gasteiger partial charge < -0.3 is 15.3 Å². The van der Waals surface area contributed by atoms with Crippen molar-refractivity contribution in [2.24, 2.45) is 34.5 Å². The summed E-state index contributed by atoms with van der Waals surface area (Å²) in [5.41, 5.74) is 0.136. The van der Waals surface area contributed by atoms with Crippen LogP contribution in [0.2, 0.25) is 0 Å². The molecule has 4 aliphatic carbocycles. The van der Waals surface area contributed by atoms with Gasteiger partial charge in [0.25, 0.3) is 0 Å².